The van der Waals surface area contributed by atoms with Crippen molar-refractivity contribution in [3.63, 3.8) is 0 Å². The van der Waals surface area contributed by atoms with Crippen molar-refractivity contribution in [2.24, 2.45) is 0 Å². The van der Waals surface area contributed by atoms with Gasteiger partial charge in [-0.25, -0.2) is 4.79 Å². The molecule has 150 valence electrons. The van der Waals surface area contributed by atoms with E-state index >= 15 is 0 Å². The van der Waals surface area contributed by atoms with E-state index < -0.39 is 18.0 Å². The number of rotatable bonds is 6. The molecule has 0 spiro atoms. The summed E-state index contributed by atoms with van der Waals surface area (Å²) in [5.74, 6) is -0.372. The fourth-order valence-electron chi connectivity index (χ4n) is 2.57. The molecule has 1 heterocycles. The monoisotopic (exact) mass is 415 g/mol. The number of nitrogens with one attached hydrogen (secondary N) is 1. The van der Waals surface area contributed by atoms with Crippen LogP contribution in [-0.4, -0.2) is 30.6 Å². The molecular weight excluding hydrogens is 398 g/mol. The molecular formula is C21H18ClNO6. The second-order valence-electron chi connectivity index (χ2n) is 6.28. The van der Waals surface area contributed by atoms with Gasteiger partial charge in [-0.15, -0.1) is 0 Å². The van der Waals surface area contributed by atoms with E-state index in [1.165, 1.54) is 26.0 Å². The maximum atomic E-state index is 12.2. The van der Waals surface area contributed by atoms with Crippen LogP contribution in [0.15, 0.2) is 42.5 Å². The van der Waals surface area contributed by atoms with Crippen molar-refractivity contribution >= 4 is 41.0 Å². The van der Waals surface area contributed by atoms with E-state index in [0.29, 0.717) is 33.3 Å². The maximum absolute atomic E-state index is 12.2. The van der Waals surface area contributed by atoms with Crippen LogP contribution in [0.5, 0.6) is 11.5 Å². The molecule has 0 aliphatic carbocycles. The van der Waals surface area contributed by atoms with Gasteiger partial charge in [0.25, 0.3) is 5.91 Å². The number of carbonyl (C=O) groups excluding carboxylic acids is 3. The Kier molecular flexibility index (Phi) is 6.19. The Morgan fingerprint density at radius 2 is 2.00 bits per heavy atom. The number of amides is 1. The first-order valence-corrected chi connectivity index (χ1v) is 9.11. The van der Waals surface area contributed by atoms with Crippen LogP contribution in [0.1, 0.15) is 29.8 Å². The van der Waals surface area contributed by atoms with Crippen LogP contribution in [0.4, 0.5) is 5.69 Å². The molecule has 0 radical (unpaired) electrons. The fourth-order valence-corrected chi connectivity index (χ4v) is 2.85. The molecule has 7 nitrogen and oxygen atoms in total. The Hall–Kier alpha value is -3.32. The standard InChI is InChI=1S/C21H18ClNO6/c1-12(24)15-4-3-5-16(10-15)23-21(26)13(2)29-19(25)7-6-14-8-17(22)20-18(9-14)27-11-28-20/h3-10,13H,11H2,1-2H3,(H,23,26)/b7-6+/t13-/m0/s1. The van der Waals surface area contributed by atoms with Crippen LogP contribution in [0, 0.1) is 0 Å². The summed E-state index contributed by atoms with van der Waals surface area (Å²) in [6.45, 7) is 2.98. The van der Waals surface area contributed by atoms with Gasteiger partial charge in [-0.1, -0.05) is 23.7 Å². The highest BCUT2D eigenvalue weighted by atomic mass is 35.5. The number of fused-ring (bicyclic) bond motifs is 1. The molecule has 0 bridgehead atoms. The second kappa shape index (κ2) is 8.79. The lowest BCUT2D eigenvalue weighted by Crippen LogP contribution is -2.29. The number of hydrogen-bond donors (Lipinski definition) is 1. The SMILES string of the molecule is CC(=O)c1cccc(NC(=O)[C@H](C)OC(=O)/C=C/c2cc(Cl)c3c(c2)OCO3)c1. The normalized spacial score (nSPS) is 13.2. The summed E-state index contributed by atoms with van der Waals surface area (Å²) in [5, 5.41) is 2.98. The van der Waals surface area contributed by atoms with Gasteiger partial charge in [-0.2, -0.15) is 0 Å². The molecule has 2 aromatic carbocycles. The van der Waals surface area contributed by atoms with Crippen LogP contribution in [0.25, 0.3) is 6.08 Å². The summed E-state index contributed by atoms with van der Waals surface area (Å²) in [6.07, 6.45) is 1.65. The Balaban J connectivity index is 1.58. The highest BCUT2D eigenvalue weighted by Gasteiger charge is 2.19. The molecule has 0 saturated heterocycles. The van der Waals surface area contributed by atoms with Crippen LogP contribution >= 0.6 is 11.6 Å². The first-order chi connectivity index (χ1) is 13.8. The Morgan fingerprint density at radius 1 is 1.21 bits per heavy atom. The number of halogens is 1. The van der Waals surface area contributed by atoms with Crippen molar-refractivity contribution in [3.8, 4) is 11.5 Å². The summed E-state index contributed by atoms with van der Waals surface area (Å²) in [4.78, 5) is 35.7. The van der Waals surface area contributed by atoms with Gasteiger partial charge in [0, 0.05) is 17.3 Å². The first kappa shape index (κ1) is 20.4. The van der Waals surface area contributed by atoms with Crippen molar-refractivity contribution in [2.75, 3.05) is 12.1 Å². The van der Waals surface area contributed by atoms with Crippen LogP contribution < -0.4 is 14.8 Å². The quantitative estimate of drug-likeness (QED) is 0.437. The number of hydrogen-bond acceptors (Lipinski definition) is 6. The average Bonchev–Trinajstić information content (AvgIpc) is 3.15. The van der Waals surface area contributed by atoms with Crippen LogP contribution in [-0.2, 0) is 14.3 Å². The van der Waals surface area contributed by atoms with Crippen molar-refractivity contribution in [1.29, 1.82) is 0 Å². The Labute approximate surface area is 172 Å². The van der Waals surface area contributed by atoms with Gasteiger partial charge in [0.05, 0.1) is 5.02 Å². The molecule has 1 aliphatic rings. The largest absolute Gasteiger partial charge is 0.454 e. The summed E-state index contributed by atoms with van der Waals surface area (Å²) in [5.41, 5.74) is 1.53. The Bertz CT molecular complexity index is 1000. The zero-order valence-electron chi connectivity index (χ0n) is 15.7. The molecule has 0 fully saturated rings. The molecule has 1 amide bonds. The molecule has 29 heavy (non-hydrogen) atoms. The van der Waals surface area contributed by atoms with Gasteiger partial charge < -0.3 is 19.5 Å². The summed E-state index contributed by atoms with van der Waals surface area (Å²) < 4.78 is 15.6. The topological polar surface area (TPSA) is 90.9 Å². The van der Waals surface area contributed by atoms with Crippen LogP contribution in [0.3, 0.4) is 0 Å². The number of anilines is 1. The number of benzene rings is 2. The third-order valence-electron chi connectivity index (χ3n) is 4.06. The zero-order valence-corrected chi connectivity index (χ0v) is 16.5. The predicted molar refractivity (Wildman–Crippen MR) is 107 cm³/mol. The highest BCUT2D eigenvalue weighted by molar-refractivity contribution is 6.32. The molecule has 1 atom stereocenters. The van der Waals surface area contributed by atoms with E-state index in [4.69, 9.17) is 25.8 Å². The Morgan fingerprint density at radius 3 is 2.76 bits per heavy atom. The van der Waals surface area contributed by atoms with Crippen molar-refractivity contribution in [2.45, 2.75) is 20.0 Å². The minimum Gasteiger partial charge on any atom is -0.454 e. The molecule has 0 aromatic heterocycles. The van der Waals surface area contributed by atoms with Crippen molar-refractivity contribution in [3.05, 3.63) is 58.6 Å². The molecule has 2 aromatic rings. The van der Waals surface area contributed by atoms with E-state index in [1.54, 1.807) is 36.4 Å². The van der Waals surface area contributed by atoms with E-state index in [-0.39, 0.29) is 12.6 Å². The van der Waals surface area contributed by atoms with Gasteiger partial charge in [-0.05, 0) is 49.8 Å². The van der Waals surface area contributed by atoms with E-state index in [0.717, 1.165) is 0 Å². The van der Waals surface area contributed by atoms with Gasteiger partial charge in [0.15, 0.2) is 23.4 Å². The predicted octanol–water partition coefficient (Wildman–Crippen LogP) is 3.85. The minimum atomic E-state index is -1.03. The summed E-state index contributed by atoms with van der Waals surface area (Å²) in [7, 11) is 0. The van der Waals surface area contributed by atoms with E-state index in [1.807, 2.05) is 0 Å². The minimum absolute atomic E-state index is 0.0895. The van der Waals surface area contributed by atoms with Crippen molar-refractivity contribution in [1.82, 2.24) is 0 Å². The lowest BCUT2D eigenvalue weighted by Gasteiger charge is -2.12. The van der Waals surface area contributed by atoms with Gasteiger partial charge in [0.1, 0.15) is 0 Å². The molecule has 1 N–H and O–H groups in total. The average molecular weight is 416 g/mol. The summed E-state index contributed by atoms with van der Waals surface area (Å²) >= 11 is 6.09. The van der Waals surface area contributed by atoms with Crippen molar-refractivity contribution < 1.29 is 28.6 Å². The fraction of sp³-hybridized carbons (Fsp3) is 0.190. The third-order valence-corrected chi connectivity index (χ3v) is 4.34. The smallest absolute Gasteiger partial charge is 0.331 e. The number of ketones is 1. The molecule has 0 unspecified atom stereocenters. The lowest BCUT2D eigenvalue weighted by molar-refractivity contribution is -0.148. The molecule has 3 rings (SSSR count). The second-order valence-corrected chi connectivity index (χ2v) is 6.68. The highest BCUT2D eigenvalue weighted by Crippen LogP contribution is 2.40. The number of Topliss-reactive ketones (excluding diaryl/α,β-unsaturated/α-hetero) is 1. The van der Waals surface area contributed by atoms with E-state index in [9.17, 15) is 14.4 Å². The molecule has 8 heteroatoms. The van der Waals surface area contributed by atoms with Gasteiger partial charge in [-0.3, -0.25) is 9.59 Å². The molecule has 1 aliphatic heterocycles. The molecule has 0 saturated carbocycles. The summed E-state index contributed by atoms with van der Waals surface area (Å²) in [6, 6.07) is 9.80. The van der Waals surface area contributed by atoms with Gasteiger partial charge in [0.2, 0.25) is 6.79 Å². The number of carbonyl (C=O) groups is 3. The van der Waals surface area contributed by atoms with E-state index in [2.05, 4.69) is 5.32 Å². The first-order valence-electron chi connectivity index (χ1n) is 8.73. The van der Waals surface area contributed by atoms with Gasteiger partial charge >= 0.3 is 5.97 Å². The number of esters is 1. The third kappa shape index (κ3) is 5.14. The van der Waals surface area contributed by atoms with Crippen LogP contribution in [0.2, 0.25) is 5.02 Å². The number of ether oxygens (including phenoxy) is 3. The lowest BCUT2D eigenvalue weighted by atomic mass is 10.1. The maximum Gasteiger partial charge on any atom is 0.331 e. The zero-order chi connectivity index (χ0) is 21.0.